The van der Waals surface area contributed by atoms with Crippen LogP contribution in [-0.2, 0) is 11.9 Å². The van der Waals surface area contributed by atoms with Gasteiger partial charge in [-0.15, -0.1) is 5.10 Å². The van der Waals surface area contributed by atoms with Crippen molar-refractivity contribution in [3.63, 3.8) is 0 Å². The van der Waals surface area contributed by atoms with Crippen molar-refractivity contribution in [2.45, 2.75) is 37.0 Å². The third kappa shape index (κ3) is 3.98. The van der Waals surface area contributed by atoms with Crippen molar-refractivity contribution in [1.82, 2.24) is 30.3 Å². The van der Waals surface area contributed by atoms with Gasteiger partial charge in [-0.05, 0) is 36.4 Å². The van der Waals surface area contributed by atoms with E-state index in [1.807, 2.05) is 13.8 Å². The normalized spacial score (nSPS) is 12.1. The fourth-order valence-electron chi connectivity index (χ4n) is 1.97. The fraction of sp³-hybridized carbons (Fsp3) is 0.357. The lowest BCUT2D eigenvalue weighted by Crippen LogP contribution is -2.04. The topological polar surface area (TPSA) is 82.5 Å². The van der Waals surface area contributed by atoms with Crippen molar-refractivity contribution in [2.24, 2.45) is 0 Å². The van der Waals surface area contributed by atoms with E-state index in [0.29, 0.717) is 22.4 Å². The van der Waals surface area contributed by atoms with Crippen LogP contribution in [0.4, 0.5) is 13.2 Å². The van der Waals surface area contributed by atoms with Crippen molar-refractivity contribution < 1.29 is 17.7 Å². The molecule has 1 aromatic carbocycles. The first-order valence-corrected chi connectivity index (χ1v) is 8.24. The Morgan fingerprint density at radius 3 is 2.56 bits per heavy atom. The Morgan fingerprint density at radius 2 is 1.92 bits per heavy atom. The lowest BCUT2D eigenvalue weighted by molar-refractivity contribution is -0.137. The Morgan fingerprint density at radius 1 is 1.20 bits per heavy atom. The lowest BCUT2D eigenvalue weighted by atomic mass is 10.1. The van der Waals surface area contributed by atoms with Gasteiger partial charge in [-0.25, -0.2) is 4.68 Å². The quantitative estimate of drug-likeness (QED) is 0.634. The van der Waals surface area contributed by atoms with Gasteiger partial charge in [-0.3, -0.25) is 0 Å². The number of hydrogen-bond acceptors (Lipinski definition) is 7. The second kappa shape index (κ2) is 6.82. The van der Waals surface area contributed by atoms with Gasteiger partial charge in [-0.2, -0.15) is 18.2 Å². The Balaban J connectivity index is 1.69. The average Bonchev–Trinajstić information content (AvgIpc) is 3.21. The van der Waals surface area contributed by atoms with Gasteiger partial charge in [0.25, 0.3) is 0 Å². The molecule has 0 fully saturated rings. The van der Waals surface area contributed by atoms with Gasteiger partial charge in [0.15, 0.2) is 0 Å². The number of tetrazole rings is 1. The van der Waals surface area contributed by atoms with E-state index in [1.165, 1.54) is 23.9 Å². The number of alkyl halides is 3. The first-order chi connectivity index (χ1) is 11.8. The highest BCUT2D eigenvalue weighted by molar-refractivity contribution is 7.98. The Bertz CT molecular complexity index is 843. The molecular weight excluding hydrogens is 357 g/mol. The van der Waals surface area contributed by atoms with Crippen LogP contribution in [-0.4, -0.2) is 30.3 Å². The minimum absolute atomic E-state index is 0.114. The first-order valence-electron chi connectivity index (χ1n) is 7.25. The summed E-state index contributed by atoms with van der Waals surface area (Å²) >= 11 is 1.33. The van der Waals surface area contributed by atoms with Crippen molar-refractivity contribution in [3.8, 4) is 11.4 Å². The Hall–Kier alpha value is -2.43. The summed E-state index contributed by atoms with van der Waals surface area (Å²) in [5.74, 6) is 0.909. The van der Waals surface area contributed by atoms with Crippen LogP contribution < -0.4 is 0 Å². The Labute approximate surface area is 144 Å². The zero-order chi connectivity index (χ0) is 18.0. The number of halogens is 3. The molecule has 0 bridgehead atoms. The van der Waals surface area contributed by atoms with E-state index in [4.69, 9.17) is 4.52 Å². The van der Waals surface area contributed by atoms with E-state index >= 15 is 0 Å². The predicted molar refractivity (Wildman–Crippen MR) is 82.5 cm³/mol. The highest BCUT2D eigenvalue weighted by Crippen LogP contribution is 2.30. The molecule has 2 heterocycles. The third-order valence-electron chi connectivity index (χ3n) is 3.22. The third-order valence-corrected chi connectivity index (χ3v) is 4.13. The monoisotopic (exact) mass is 370 g/mol. The van der Waals surface area contributed by atoms with E-state index in [-0.39, 0.29) is 11.9 Å². The van der Waals surface area contributed by atoms with Gasteiger partial charge in [-0.1, -0.05) is 29.1 Å². The molecule has 11 heteroatoms. The predicted octanol–water partition coefficient (Wildman–Crippen LogP) is 3.62. The molecule has 0 spiro atoms. The molecule has 25 heavy (non-hydrogen) atoms. The number of aromatic nitrogens is 6. The summed E-state index contributed by atoms with van der Waals surface area (Å²) in [5.41, 5.74) is -0.281. The molecule has 132 valence electrons. The lowest BCUT2D eigenvalue weighted by Gasteiger charge is -2.06. The van der Waals surface area contributed by atoms with Crippen molar-refractivity contribution >= 4 is 11.8 Å². The summed E-state index contributed by atoms with van der Waals surface area (Å²) in [6.45, 7) is 3.91. The van der Waals surface area contributed by atoms with E-state index in [0.717, 1.165) is 12.1 Å². The summed E-state index contributed by atoms with van der Waals surface area (Å²) in [7, 11) is 0. The van der Waals surface area contributed by atoms with Crippen LogP contribution in [0.5, 0.6) is 0 Å². The SMILES string of the molecule is CC(C)n1nnnc1SCc1nc(-c2ccc(C(F)(F)F)cc2)no1. The van der Waals surface area contributed by atoms with Gasteiger partial charge in [0.1, 0.15) is 0 Å². The molecule has 0 aliphatic rings. The maximum absolute atomic E-state index is 12.6. The highest BCUT2D eigenvalue weighted by atomic mass is 32.2. The van der Waals surface area contributed by atoms with Crippen LogP contribution in [0.2, 0.25) is 0 Å². The zero-order valence-electron chi connectivity index (χ0n) is 13.2. The van der Waals surface area contributed by atoms with E-state index in [2.05, 4.69) is 25.7 Å². The molecule has 0 radical (unpaired) electrons. The number of thioether (sulfide) groups is 1. The molecule has 0 N–H and O–H groups in total. The van der Waals surface area contributed by atoms with Gasteiger partial charge in [0.2, 0.25) is 16.9 Å². The maximum atomic E-state index is 12.6. The van der Waals surface area contributed by atoms with Crippen LogP contribution in [0.3, 0.4) is 0 Å². The largest absolute Gasteiger partial charge is 0.416 e. The molecule has 3 aromatic rings. The van der Waals surface area contributed by atoms with Crippen molar-refractivity contribution in [2.75, 3.05) is 0 Å². The first kappa shape index (κ1) is 17.4. The smallest absolute Gasteiger partial charge is 0.338 e. The van der Waals surface area contributed by atoms with Crippen LogP contribution in [0.1, 0.15) is 31.3 Å². The molecule has 0 aliphatic carbocycles. The number of hydrogen-bond donors (Lipinski definition) is 0. The standard InChI is InChI=1S/C14H13F3N6OS/c1-8(2)23-13(19-21-22-23)25-7-11-18-12(20-24-11)9-3-5-10(6-4-9)14(15,16)17/h3-6,8H,7H2,1-2H3. The molecule has 0 atom stereocenters. The molecule has 0 saturated heterocycles. The van der Waals surface area contributed by atoms with E-state index in [9.17, 15) is 13.2 Å². The molecule has 7 nitrogen and oxygen atoms in total. The van der Waals surface area contributed by atoms with Crippen molar-refractivity contribution in [3.05, 3.63) is 35.7 Å². The van der Waals surface area contributed by atoms with Crippen LogP contribution in [0.15, 0.2) is 33.9 Å². The van der Waals surface area contributed by atoms with Crippen molar-refractivity contribution in [1.29, 1.82) is 0 Å². The Kier molecular flexibility index (Phi) is 4.75. The number of benzene rings is 1. The second-order valence-corrected chi connectivity index (χ2v) is 6.32. The van der Waals surface area contributed by atoms with Gasteiger partial charge < -0.3 is 4.52 Å². The van der Waals surface area contributed by atoms with Gasteiger partial charge in [0, 0.05) is 5.56 Å². The zero-order valence-corrected chi connectivity index (χ0v) is 14.0. The van der Waals surface area contributed by atoms with E-state index < -0.39 is 11.7 Å². The van der Waals surface area contributed by atoms with Gasteiger partial charge >= 0.3 is 6.18 Å². The van der Waals surface area contributed by atoms with Crippen LogP contribution in [0.25, 0.3) is 11.4 Å². The van der Waals surface area contributed by atoms with Crippen LogP contribution >= 0.6 is 11.8 Å². The summed E-state index contributed by atoms with van der Waals surface area (Å²) < 4.78 is 44.5. The summed E-state index contributed by atoms with van der Waals surface area (Å²) in [6, 6.07) is 4.70. The summed E-state index contributed by atoms with van der Waals surface area (Å²) in [4.78, 5) is 4.19. The van der Waals surface area contributed by atoms with Crippen LogP contribution in [0, 0.1) is 0 Å². The van der Waals surface area contributed by atoms with E-state index in [1.54, 1.807) is 4.68 Å². The average molecular weight is 370 g/mol. The number of rotatable bonds is 5. The fourth-order valence-corrected chi connectivity index (χ4v) is 2.81. The molecule has 0 unspecified atom stereocenters. The molecule has 0 saturated carbocycles. The molecular formula is C14H13F3N6OS. The summed E-state index contributed by atoms with van der Waals surface area (Å²) in [5, 5.41) is 15.8. The summed E-state index contributed by atoms with van der Waals surface area (Å²) in [6.07, 6.45) is -4.38. The molecule has 2 aromatic heterocycles. The second-order valence-electron chi connectivity index (χ2n) is 5.38. The highest BCUT2D eigenvalue weighted by Gasteiger charge is 2.30. The minimum Gasteiger partial charge on any atom is -0.338 e. The maximum Gasteiger partial charge on any atom is 0.416 e. The molecule has 3 rings (SSSR count). The minimum atomic E-state index is -4.38. The van der Waals surface area contributed by atoms with Gasteiger partial charge in [0.05, 0.1) is 17.4 Å². The molecule has 0 aliphatic heterocycles. The molecule has 0 amide bonds. The number of nitrogens with zero attached hydrogens (tertiary/aromatic N) is 6.